The fourth-order valence-corrected chi connectivity index (χ4v) is 3.48. The molecule has 0 aromatic carbocycles. The third-order valence-electron chi connectivity index (χ3n) is 3.68. The maximum atomic E-state index is 12.4. The maximum absolute atomic E-state index is 12.4. The first-order valence-electron chi connectivity index (χ1n) is 7.89. The summed E-state index contributed by atoms with van der Waals surface area (Å²) in [4.78, 5) is 34.6. The van der Waals surface area contributed by atoms with E-state index in [1.165, 1.54) is 11.8 Å². The molecule has 6 nitrogen and oxygen atoms in total. The first-order valence-corrected chi connectivity index (χ1v) is 8.87. The van der Waals surface area contributed by atoms with Crippen molar-refractivity contribution < 1.29 is 14.3 Å². The Balaban J connectivity index is 1.88. The number of piperidine rings is 1. The smallest absolute Gasteiger partial charge is 0.310 e. The predicted molar refractivity (Wildman–Crippen MR) is 88.2 cm³/mol. The van der Waals surface area contributed by atoms with Crippen LogP contribution in [-0.4, -0.2) is 52.2 Å². The van der Waals surface area contributed by atoms with Crippen LogP contribution in [0, 0.1) is 19.8 Å². The Hall–Kier alpha value is -1.63. The van der Waals surface area contributed by atoms with Gasteiger partial charge in [-0.2, -0.15) is 0 Å². The summed E-state index contributed by atoms with van der Waals surface area (Å²) < 4.78 is 5.06. The highest BCUT2D eigenvalue weighted by atomic mass is 32.2. The van der Waals surface area contributed by atoms with E-state index in [1.54, 1.807) is 11.8 Å². The summed E-state index contributed by atoms with van der Waals surface area (Å²) in [6.07, 6.45) is 1.62. The molecule has 1 atom stereocenters. The van der Waals surface area contributed by atoms with Crippen molar-refractivity contribution in [3.05, 3.63) is 17.5 Å². The highest BCUT2D eigenvalue weighted by molar-refractivity contribution is 7.99. The monoisotopic (exact) mass is 337 g/mol. The standard InChI is InChI=1S/C16H23N3O3S/c1-4-22-15(21)13-6-5-7-19(9-13)14(20)10-23-16-17-11(2)8-12(3)18-16/h8,13H,4-7,9-10H2,1-3H3/t13-/m0/s1. The summed E-state index contributed by atoms with van der Waals surface area (Å²) in [7, 11) is 0. The number of amides is 1. The summed E-state index contributed by atoms with van der Waals surface area (Å²) >= 11 is 1.34. The molecule has 1 aliphatic heterocycles. The Labute approximate surface area is 141 Å². The normalized spacial score (nSPS) is 17.9. The number of esters is 1. The molecule has 23 heavy (non-hydrogen) atoms. The molecule has 0 spiro atoms. The lowest BCUT2D eigenvalue weighted by molar-refractivity contribution is -0.151. The summed E-state index contributed by atoms with van der Waals surface area (Å²) in [5.41, 5.74) is 1.79. The quantitative estimate of drug-likeness (QED) is 0.465. The van der Waals surface area contributed by atoms with E-state index in [-0.39, 0.29) is 17.8 Å². The summed E-state index contributed by atoms with van der Waals surface area (Å²) in [5.74, 6) is -0.0875. The van der Waals surface area contributed by atoms with Gasteiger partial charge < -0.3 is 9.64 Å². The van der Waals surface area contributed by atoms with Gasteiger partial charge in [-0.15, -0.1) is 0 Å². The minimum Gasteiger partial charge on any atom is -0.466 e. The zero-order chi connectivity index (χ0) is 16.8. The number of nitrogens with zero attached hydrogens (tertiary/aromatic N) is 3. The minimum atomic E-state index is -0.199. The SMILES string of the molecule is CCOC(=O)[C@H]1CCCN(C(=O)CSc2nc(C)cc(C)n2)C1. The van der Waals surface area contributed by atoms with Gasteiger partial charge in [-0.3, -0.25) is 9.59 Å². The molecule has 1 aromatic heterocycles. The molecule has 2 rings (SSSR count). The number of likely N-dealkylation sites (tertiary alicyclic amines) is 1. The Morgan fingerprint density at radius 1 is 1.35 bits per heavy atom. The van der Waals surface area contributed by atoms with Crippen molar-refractivity contribution in [3.63, 3.8) is 0 Å². The van der Waals surface area contributed by atoms with Crippen LogP contribution in [0.3, 0.4) is 0 Å². The number of ether oxygens (including phenoxy) is 1. The van der Waals surface area contributed by atoms with Gasteiger partial charge in [0.2, 0.25) is 5.91 Å². The molecule has 0 unspecified atom stereocenters. The number of rotatable bonds is 5. The van der Waals surface area contributed by atoms with Crippen LogP contribution in [0.2, 0.25) is 0 Å². The largest absolute Gasteiger partial charge is 0.466 e. The molecule has 1 fully saturated rings. The van der Waals surface area contributed by atoms with Crippen molar-refractivity contribution in [3.8, 4) is 0 Å². The molecule has 0 bridgehead atoms. The summed E-state index contributed by atoms with van der Waals surface area (Å²) in [5, 5.41) is 0.620. The summed E-state index contributed by atoms with van der Waals surface area (Å²) in [6, 6.07) is 1.90. The van der Waals surface area contributed by atoms with Gasteiger partial charge in [0, 0.05) is 24.5 Å². The number of aryl methyl sites for hydroxylation is 2. The van der Waals surface area contributed by atoms with Crippen molar-refractivity contribution in [1.29, 1.82) is 0 Å². The molecular weight excluding hydrogens is 314 g/mol. The van der Waals surface area contributed by atoms with E-state index < -0.39 is 0 Å². The van der Waals surface area contributed by atoms with Gasteiger partial charge in [0.1, 0.15) is 0 Å². The maximum Gasteiger partial charge on any atom is 0.310 e. The average Bonchev–Trinajstić information content (AvgIpc) is 2.52. The van der Waals surface area contributed by atoms with E-state index in [2.05, 4.69) is 9.97 Å². The van der Waals surface area contributed by atoms with Gasteiger partial charge in [-0.1, -0.05) is 11.8 Å². The van der Waals surface area contributed by atoms with Crippen LogP contribution < -0.4 is 0 Å². The number of hydrogen-bond donors (Lipinski definition) is 0. The van der Waals surface area contributed by atoms with Gasteiger partial charge in [0.05, 0.1) is 18.3 Å². The van der Waals surface area contributed by atoms with E-state index in [4.69, 9.17) is 4.74 Å². The van der Waals surface area contributed by atoms with Crippen molar-refractivity contribution in [1.82, 2.24) is 14.9 Å². The lowest BCUT2D eigenvalue weighted by Gasteiger charge is -2.31. The highest BCUT2D eigenvalue weighted by Crippen LogP contribution is 2.20. The van der Waals surface area contributed by atoms with E-state index >= 15 is 0 Å². The lowest BCUT2D eigenvalue weighted by atomic mass is 9.98. The van der Waals surface area contributed by atoms with Gasteiger partial charge in [0.15, 0.2) is 5.16 Å². The van der Waals surface area contributed by atoms with E-state index in [1.807, 2.05) is 19.9 Å². The highest BCUT2D eigenvalue weighted by Gasteiger charge is 2.29. The molecule has 1 amide bonds. The topological polar surface area (TPSA) is 72.4 Å². The molecule has 0 aliphatic carbocycles. The van der Waals surface area contributed by atoms with Crippen LogP contribution in [0.15, 0.2) is 11.2 Å². The van der Waals surface area contributed by atoms with Crippen LogP contribution in [0.25, 0.3) is 0 Å². The van der Waals surface area contributed by atoms with E-state index in [9.17, 15) is 9.59 Å². The Morgan fingerprint density at radius 3 is 2.70 bits per heavy atom. The Bertz CT molecular complexity index is 559. The van der Waals surface area contributed by atoms with Gasteiger partial charge in [-0.05, 0) is 39.7 Å². The molecule has 0 saturated carbocycles. The second-order valence-corrected chi connectivity index (χ2v) is 6.60. The fraction of sp³-hybridized carbons (Fsp3) is 0.625. The molecule has 0 radical (unpaired) electrons. The van der Waals surface area contributed by atoms with Crippen molar-refractivity contribution >= 4 is 23.6 Å². The predicted octanol–water partition coefficient (Wildman–Crippen LogP) is 1.99. The third kappa shape index (κ3) is 5.20. The zero-order valence-electron chi connectivity index (χ0n) is 13.9. The van der Waals surface area contributed by atoms with E-state index in [0.717, 1.165) is 24.2 Å². The third-order valence-corrected chi connectivity index (χ3v) is 4.51. The number of carbonyl (C=O) groups excluding carboxylic acids is 2. The van der Waals surface area contributed by atoms with Crippen LogP contribution in [0.4, 0.5) is 0 Å². The minimum absolute atomic E-state index is 0.0201. The number of hydrogen-bond acceptors (Lipinski definition) is 6. The summed E-state index contributed by atoms with van der Waals surface area (Å²) in [6.45, 7) is 7.15. The second kappa shape index (κ2) is 8.29. The van der Waals surface area contributed by atoms with Gasteiger partial charge in [0.25, 0.3) is 0 Å². The van der Waals surface area contributed by atoms with Crippen LogP contribution >= 0.6 is 11.8 Å². The van der Waals surface area contributed by atoms with Crippen LogP contribution in [0.1, 0.15) is 31.2 Å². The van der Waals surface area contributed by atoms with Crippen molar-refractivity contribution in [2.45, 2.75) is 38.8 Å². The van der Waals surface area contributed by atoms with Crippen molar-refractivity contribution in [2.75, 3.05) is 25.4 Å². The first-order chi connectivity index (χ1) is 11.0. The second-order valence-electron chi connectivity index (χ2n) is 5.65. The van der Waals surface area contributed by atoms with Crippen LogP contribution in [-0.2, 0) is 14.3 Å². The Morgan fingerprint density at radius 2 is 2.04 bits per heavy atom. The molecule has 126 valence electrons. The lowest BCUT2D eigenvalue weighted by Crippen LogP contribution is -2.43. The zero-order valence-corrected chi connectivity index (χ0v) is 14.7. The van der Waals surface area contributed by atoms with Gasteiger partial charge >= 0.3 is 5.97 Å². The molecule has 1 aromatic rings. The van der Waals surface area contributed by atoms with E-state index in [0.29, 0.717) is 30.6 Å². The van der Waals surface area contributed by atoms with Crippen molar-refractivity contribution in [2.24, 2.45) is 5.92 Å². The fourth-order valence-electron chi connectivity index (χ4n) is 2.63. The van der Waals surface area contributed by atoms with Gasteiger partial charge in [-0.25, -0.2) is 9.97 Å². The average molecular weight is 337 g/mol. The number of thioether (sulfide) groups is 1. The molecular formula is C16H23N3O3S. The Kier molecular flexibility index (Phi) is 6.38. The molecule has 1 saturated heterocycles. The first kappa shape index (κ1) is 17.7. The molecule has 2 heterocycles. The number of carbonyl (C=O) groups is 2. The molecule has 1 aliphatic rings. The molecule has 7 heteroatoms. The van der Waals surface area contributed by atoms with Crippen LogP contribution in [0.5, 0.6) is 0 Å². The number of aromatic nitrogens is 2. The molecule has 0 N–H and O–H groups in total.